The molecule has 2 atom stereocenters. The fourth-order valence-electron chi connectivity index (χ4n) is 7.03. The third-order valence-corrected chi connectivity index (χ3v) is 10.8. The molecule has 0 heterocycles. The molecule has 0 aromatic heterocycles. The number of carbonyl (C=O) groups excluding carboxylic acids is 2. The second kappa shape index (κ2) is 46.5. The van der Waals surface area contributed by atoms with E-state index in [-0.39, 0.29) is 18.5 Å². The third-order valence-electron chi connectivity index (χ3n) is 10.8. The Labute approximate surface area is 353 Å². The summed E-state index contributed by atoms with van der Waals surface area (Å²) < 4.78 is 5.43. The van der Waals surface area contributed by atoms with E-state index in [4.69, 9.17) is 4.74 Å². The SMILES string of the molecule is CCCCCC/C=C\CCCCCCCC(=O)OCCCCCCCC/C=C\C/C=C\CCC(=O)NC(CO)C(O)/C=C/CCCCCCCCCCCCCC. The van der Waals surface area contributed by atoms with Gasteiger partial charge in [0.05, 0.1) is 25.4 Å². The van der Waals surface area contributed by atoms with Crippen LogP contribution in [0.2, 0.25) is 0 Å². The van der Waals surface area contributed by atoms with Crippen LogP contribution < -0.4 is 5.32 Å². The Morgan fingerprint density at radius 3 is 1.40 bits per heavy atom. The molecule has 1 amide bonds. The summed E-state index contributed by atoms with van der Waals surface area (Å²) in [6.45, 7) is 4.80. The van der Waals surface area contributed by atoms with Gasteiger partial charge in [-0.2, -0.15) is 0 Å². The zero-order valence-electron chi connectivity index (χ0n) is 37.6. The predicted octanol–water partition coefficient (Wildman–Crippen LogP) is 14.3. The number of hydrogen-bond acceptors (Lipinski definition) is 5. The van der Waals surface area contributed by atoms with Crippen LogP contribution in [0.1, 0.15) is 239 Å². The van der Waals surface area contributed by atoms with E-state index in [9.17, 15) is 19.8 Å². The lowest BCUT2D eigenvalue weighted by Gasteiger charge is -2.19. The fourth-order valence-corrected chi connectivity index (χ4v) is 7.03. The second-order valence-electron chi connectivity index (χ2n) is 16.4. The summed E-state index contributed by atoms with van der Waals surface area (Å²) in [7, 11) is 0. The molecule has 0 aliphatic carbocycles. The van der Waals surface area contributed by atoms with Crippen molar-refractivity contribution < 1.29 is 24.5 Å². The summed E-state index contributed by atoms with van der Waals surface area (Å²) in [4.78, 5) is 24.4. The quantitative estimate of drug-likeness (QED) is 0.0324. The first-order valence-corrected chi connectivity index (χ1v) is 24.4. The first kappa shape index (κ1) is 54.8. The van der Waals surface area contributed by atoms with Gasteiger partial charge in [0.2, 0.25) is 5.91 Å². The van der Waals surface area contributed by atoms with Crippen LogP contribution in [0, 0.1) is 0 Å². The zero-order valence-corrected chi connectivity index (χ0v) is 37.6. The van der Waals surface area contributed by atoms with E-state index < -0.39 is 12.1 Å². The molecule has 0 aromatic rings. The molecule has 0 spiro atoms. The summed E-state index contributed by atoms with van der Waals surface area (Å²) in [5.41, 5.74) is 0. The van der Waals surface area contributed by atoms with Gasteiger partial charge in [-0.25, -0.2) is 0 Å². The summed E-state index contributed by atoms with van der Waals surface area (Å²) in [6.07, 6.45) is 56.8. The first-order valence-electron chi connectivity index (χ1n) is 24.4. The molecule has 0 bridgehead atoms. The number of allylic oxidation sites excluding steroid dienone is 7. The number of nitrogens with one attached hydrogen (secondary N) is 1. The first-order chi connectivity index (χ1) is 28.0. The van der Waals surface area contributed by atoms with Crippen LogP contribution in [0.25, 0.3) is 0 Å². The van der Waals surface area contributed by atoms with Gasteiger partial charge in [-0.15, -0.1) is 0 Å². The summed E-state index contributed by atoms with van der Waals surface area (Å²) in [6, 6.07) is -0.672. The minimum Gasteiger partial charge on any atom is -0.466 e. The average molecular weight is 800 g/mol. The molecule has 0 saturated heterocycles. The fraction of sp³-hybridized carbons (Fsp3) is 0.804. The van der Waals surface area contributed by atoms with Gasteiger partial charge in [-0.3, -0.25) is 9.59 Å². The number of carbonyl (C=O) groups is 2. The Morgan fingerprint density at radius 2 is 0.895 bits per heavy atom. The highest BCUT2D eigenvalue weighted by Crippen LogP contribution is 2.14. The predicted molar refractivity (Wildman–Crippen MR) is 245 cm³/mol. The number of hydrogen-bond donors (Lipinski definition) is 3. The van der Waals surface area contributed by atoms with Gasteiger partial charge >= 0.3 is 5.97 Å². The smallest absolute Gasteiger partial charge is 0.305 e. The number of rotatable bonds is 44. The van der Waals surface area contributed by atoms with Crippen molar-refractivity contribution >= 4 is 11.9 Å². The number of aliphatic hydroxyl groups excluding tert-OH is 2. The molecule has 2 unspecified atom stereocenters. The molecule has 0 rings (SSSR count). The van der Waals surface area contributed by atoms with Crippen LogP contribution in [0.4, 0.5) is 0 Å². The molecule has 3 N–H and O–H groups in total. The van der Waals surface area contributed by atoms with Crippen LogP contribution in [0.5, 0.6) is 0 Å². The van der Waals surface area contributed by atoms with Crippen LogP contribution in [-0.4, -0.2) is 47.4 Å². The van der Waals surface area contributed by atoms with Crippen molar-refractivity contribution in [3.63, 3.8) is 0 Å². The van der Waals surface area contributed by atoms with Gasteiger partial charge in [-0.1, -0.05) is 197 Å². The monoisotopic (exact) mass is 800 g/mol. The lowest BCUT2D eigenvalue weighted by Crippen LogP contribution is -2.45. The van der Waals surface area contributed by atoms with E-state index in [0.717, 1.165) is 51.4 Å². The molecule has 6 heteroatoms. The number of aliphatic hydroxyl groups is 2. The molecule has 57 heavy (non-hydrogen) atoms. The molecule has 6 nitrogen and oxygen atoms in total. The Balaban J connectivity index is 3.61. The third kappa shape index (κ3) is 43.2. The molecule has 0 aromatic carbocycles. The Kier molecular flexibility index (Phi) is 44.7. The van der Waals surface area contributed by atoms with Crippen LogP contribution in [0.15, 0.2) is 48.6 Å². The molecular weight excluding hydrogens is 707 g/mol. The largest absolute Gasteiger partial charge is 0.466 e. The molecule has 332 valence electrons. The standard InChI is InChI=1S/C51H93NO5/c1-3-5-7-9-11-13-15-17-20-23-27-31-35-39-43-49(54)48(47-53)52-50(55)44-40-36-32-28-24-21-18-22-26-30-34-38-42-46-57-51(56)45-41-37-33-29-25-19-16-14-12-10-8-6-4-2/h14,16,21,24,32,36,39,43,48-49,53-54H,3-13,15,17-20,22-23,25-31,33-35,37-38,40-42,44-47H2,1-2H3,(H,52,55)/b16-14-,24-21-,36-32-,43-39+. The van der Waals surface area contributed by atoms with E-state index in [1.807, 2.05) is 12.2 Å². The summed E-state index contributed by atoms with van der Waals surface area (Å²) in [5.74, 6) is -0.179. The van der Waals surface area contributed by atoms with E-state index >= 15 is 0 Å². The molecular formula is C51H93NO5. The van der Waals surface area contributed by atoms with E-state index in [2.05, 4.69) is 49.5 Å². The number of amides is 1. The van der Waals surface area contributed by atoms with Crippen LogP contribution >= 0.6 is 0 Å². The highest BCUT2D eigenvalue weighted by molar-refractivity contribution is 5.76. The van der Waals surface area contributed by atoms with E-state index in [0.29, 0.717) is 25.9 Å². The van der Waals surface area contributed by atoms with E-state index in [1.54, 1.807) is 6.08 Å². The number of ether oxygens (including phenoxy) is 1. The minimum absolute atomic E-state index is 0.0289. The highest BCUT2D eigenvalue weighted by Gasteiger charge is 2.17. The average Bonchev–Trinajstić information content (AvgIpc) is 3.21. The van der Waals surface area contributed by atoms with Crippen molar-refractivity contribution in [3.8, 4) is 0 Å². The maximum atomic E-state index is 12.4. The molecule has 0 aliphatic rings. The maximum Gasteiger partial charge on any atom is 0.305 e. The van der Waals surface area contributed by atoms with Gasteiger partial charge in [0.15, 0.2) is 0 Å². The van der Waals surface area contributed by atoms with Crippen molar-refractivity contribution in [3.05, 3.63) is 48.6 Å². The highest BCUT2D eigenvalue weighted by atomic mass is 16.5. The molecule has 0 radical (unpaired) electrons. The maximum absolute atomic E-state index is 12.4. The normalized spacial score (nSPS) is 13.1. The van der Waals surface area contributed by atoms with Crippen molar-refractivity contribution in [1.82, 2.24) is 5.32 Å². The van der Waals surface area contributed by atoms with Gasteiger partial charge in [0, 0.05) is 12.8 Å². The number of unbranched alkanes of at least 4 members (excludes halogenated alkanes) is 27. The summed E-state index contributed by atoms with van der Waals surface area (Å²) >= 11 is 0. The topological polar surface area (TPSA) is 95.9 Å². The van der Waals surface area contributed by atoms with E-state index in [1.165, 1.54) is 154 Å². The van der Waals surface area contributed by atoms with Crippen molar-refractivity contribution in [2.75, 3.05) is 13.2 Å². The van der Waals surface area contributed by atoms with Gasteiger partial charge in [-0.05, 0) is 77.0 Å². The lowest BCUT2D eigenvalue weighted by molar-refractivity contribution is -0.143. The summed E-state index contributed by atoms with van der Waals surface area (Å²) in [5, 5.41) is 22.9. The Hall–Kier alpha value is -2.18. The molecule has 0 fully saturated rings. The zero-order chi connectivity index (χ0) is 41.5. The Bertz CT molecular complexity index is 973. The van der Waals surface area contributed by atoms with Crippen molar-refractivity contribution in [2.24, 2.45) is 0 Å². The molecule has 0 aliphatic heterocycles. The molecule has 0 saturated carbocycles. The second-order valence-corrected chi connectivity index (χ2v) is 16.4. The van der Waals surface area contributed by atoms with Gasteiger partial charge < -0.3 is 20.3 Å². The van der Waals surface area contributed by atoms with Gasteiger partial charge in [0.25, 0.3) is 0 Å². The Morgan fingerprint density at radius 1 is 0.491 bits per heavy atom. The van der Waals surface area contributed by atoms with Crippen LogP contribution in [-0.2, 0) is 14.3 Å². The lowest BCUT2D eigenvalue weighted by atomic mass is 10.0. The van der Waals surface area contributed by atoms with Crippen molar-refractivity contribution in [1.29, 1.82) is 0 Å². The van der Waals surface area contributed by atoms with Crippen LogP contribution in [0.3, 0.4) is 0 Å². The van der Waals surface area contributed by atoms with Gasteiger partial charge in [0.1, 0.15) is 0 Å². The number of esters is 1. The van der Waals surface area contributed by atoms with Crippen molar-refractivity contribution in [2.45, 2.75) is 251 Å². The minimum atomic E-state index is -0.879.